The van der Waals surface area contributed by atoms with Gasteiger partial charge in [0.15, 0.2) is 0 Å². The first-order valence-electron chi connectivity index (χ1n) is 7.13. The first-order chi connectivity index (χ1) is 9.72. The van der Waals surface area contributed by atoms with Crippen LogP contribution in [0.25, 0.3) is 0 Å². The topological polar surface area (TPSA) is 49.8 Å². The van der Waals surface area contributed by atoms with Crippen LogP contribution in [0.5, 0.6) is 0 Å². The van der Waals surface area contributed by atoms with E-state index in [1.54, 1.807) is 0 Å². The maximum atomic E-state index is 12.7. The molecule has 1 aromatic heterocycles. The van der Waals surface area contributed by atoms with Gasteiger partial charge in [0.2, 0.25) is 5.82 Å². The van der Waals surface area contributed by atoms with Crippen molar-refractivity contribution in [2.45, 2.75) is 52.3 Å². The summed E-state index contributed by atoms with van der Waals surface area (Å²) >= 11 is 0. The third kappa shape index (κ3) is 6.18. The van der Waals surface area contributed by atoms with Crippen LogP contribution in [-0.4, -0.2) is 23.1 Å². The van der Waals surface area contributed by atoms with Crippen LogP contribution in [0.15, 0.2) is 6.07 Å². The molecule has 7 heteroatoms. The largest absolute Gasteiger partial charge is 0.451 e. The minimum atomic E-state index is -4.55. The molecule has 4 nitrogen and oxygen atoms in total. The minimum absolute atomic E-state index is 0.0597. The number of rotatable bonds is 7. The van der Waals surface area contributed by atoms with Gasteiger partial charge in [0.25, 0.3) is 0 Å². The molecule has 0 bridgehead atoms. The van der Waals surface area contributed by atoms with Crippen molar-refractivity contribution in [1.82, 2.24) is 9.97 Å². The average Bonchev–Trinajstić information content (AvgIpc) is 2.36. The van der Waals surface area contributed by atoms with E-state index in [0.717, 1.165) is 19.3 Å². The summed E-state index contributed by atoms with van der Waals surface area (Å²) in [6.07, 6.45) is -1.53. The lowest BCUT2D eigenvalue weighted by Crippen LogP contribution is -2.19. The van der Waals surface area contributed by atoms with E-state index in [9.17, 15) is 13.2 Å². The van der Waals surface area contributed by atoms with Crippen LogP contribution in [0, 0.1) is 5.92 Å². The second-order valence-electron chi connectivity index (χ2n) is 5.58. The summed E-state index contributed by atoms with van der Waals surface area (Å²) in [4.78, 5) is 6.98. The Hall–Kier alpha value is -1.53. The van der Waals surface area contributed by atoms with Crippen LogP contribution in [-0.2, 0) is 6.18 Å². The lowest BCUT2D eigenvalue weighted by molar-refractivity contribution is -0.144. The minimum Gasteiger partial charge on any atom is -0.373 e. The monoisotopic (exact) mass is 304 g/mol. The molecule has 1 aromatic rings. The van der Waals surface area contributed by atoms with E-state index in [2.05, 4.69) is 34.4 Å². The number of hydrogen-bond donors (Lipinski definition) is 2. The van der Waals surface area contributed by atoms with Gasteiger partial charge < -0.3 is 10.6 Å². The molecule has 0 saturated carbocycles. The Labute approximate surface area is 123 Å². The van der Waals surface area contributed by atoms with Gasteiger partial charge in [-0.2, -0.15) is 13.2 Å². The highest BCUT2D eigenvalue weighted by molar-refractivity contribution is 5.47. The van der Waals surface area contributed by atoms with Gasteiger partial charge in [-0.15, -0.1) is 0 Å². The molecule has 0 aromatic carbocycles. The van der Waals surface area contributed by atoms with E-state index >= 15 is 0 Å². The summed E-state index contributed by atoms with van der Waals surface area (Å²) < 4.78 is 38.2. The van der Waals surface area contributed by atoms with Crippen LogP contribution in [0.2, 0.25) is 0 Å². The fourth-order valence-corrected chi connectivity index (χ4v) is 1.93. The van der Waals surface area contributed by atoms with Gasteiger partial charge in [-0.05, 0) is 19.3 Å². The van der Waals surface area contributed by atoms with Gasteiger partial charge in [-0.1, -0.05) is 26.7 Å². The molecular formula is C14H23F3N4. The van der Waals surface area contributed by atoms with E-state index in [1.165, 1.54) is 13.1 Å². The van der Waals surface area contributed by atoms with Crippen LogP contribution >= 0.6 is 0 Å². The predicted octanol–water partition coefficient (Wildman–Crippen LogP) is 4.16. The lowest BCUT2D eigenvalue weighted by Gasteiger charge is -2.17. The molecule has 120 valence electrons. The van der Waals surface area contributed by atoms with Crippen LogP contribution in [0.3, 0.4) is 0 Å². The normalized spacial score (nSPS) is 13.3. The van der Waals surface area contributed by atoms with Gasteiger partial charge in [-0.25, -0.2) is 9.97 Å². The van der Waals surface area contributed by atoms with E-state index in [0.29, 0.717) is 5.92 Å². The average molecular weight is 304 g/mol. The van der Waals surface area contributed by atoms with E-state index in [-0.39, 0.29) is 17.7 Å². The molecule has 0 fully saturated rings. The Morgan fingerprint density at radius 3 is 2.24 bits per heavy atom. The third-order valence-electron chi connectivity index (χ3n) is 3.05. The fourth-order valence-electron chi connectivity index (χ4n) is 1.93. The number of nitrogens with one attached hydrogen (secondary N) is 2. The molecule has 0 aliphatic carbocycles. The van der Waals surface area contributed by atoms with Crippen molar-refractivity contribution >= 4 is 11.6 Å². The summed E-state index contributed by atoms with van der Waals surface area (Å²) in [5.74, 6) is -0.164. The highest BCUT2D eigenvalue weighted by Gasteiger charge is 2.35. The van der Waals surface area contributed by atoms with Gasteiger partial charge in [-0.3, -0.25) is 0 Å². The van der Waals surface area contributed by atoms with E-state index in [4.69, 9.17) is 0 Å². The zero-order valence-electron chi connectivity index (χ0n) is 12.9. The van der Waals surface area contributed by atoms with Crippen molar-refractivity contribution in [2.75, 3.05) is 17.7 Å². The molecule has 0 aliphatic heterocycles. The van der Waals surface area contributed by atoms with Crippen LogP contribution in [0.1, 0.15) is 45.9 Å². The molecule has 1 atom stereocenters. The Bertz CT molecular complexity index is 446. The highest BCUT2D eigenvalue weighted by Crippen LogP contribution is 2.28. The van der Waals surface area contributed by atoms with Crippen LogP contribution in [0.4, 0.5) is 24.8 Å². The number of aromatic nitrogens is 2. The summed E-state index contributed by atoms with van der Waals surface area (Å²) in [5.41, 5.74) is 0. The fraction of sp³-hybridized carbons (Fsp3) is 0.714. The third-order valence-corrected chi connectivity index (χ3v) is 3.05. The first kappa shape index (κ1) is 17.5. The maximum absolute atomic E-state index is 12.7. The van der Waals surface area contributed by atoms with Crippen molar-refractivity contribution in [3.63, 3.8) is 0 Å². The highest BCUT2D eigenvalue weighted by atomic mass is 19.4. The Kier molecular flexibility index (Phi) is 6.23. The second-order valence-corrected chi connectivity index (χ2v) is 5.58. The van der Waals surface area contributed by atoms with E-state index < -0.39 is 12.0 Å². The summed E-state index contributed by atoms with van der Waals surface area (Å²) in [7, 11) is 1.53. The zero-order chi connectivity index (χ0) is 16.0. The van der Waals surface area contributed by atoms with Crippen molar-refractivity contribution in [2.24, 2.45) is 5.92 Å². The Morgan fingerprint density at radius 1 is 1.10 bits per heavy atom. The smallest absolute Gasteiger partial charge is 0.373 e. The molecule has 0 aliphatic rings. The van der Waals surface area contributed by atoms with Gasteiger partial charge in [0, 0.05) is 19.2 Å². The number of halogens is 3. The van der Waals surface area contributed by atoms with Crippen molar-refractivity contribution in [3.05, 3.63) is 11.9 Å². The maximum Gasteiger partial charge on any atom is 0.451 e. The standard InChI is InChI=1S/C14H23F3N4/c1-9(2)6-5-7-10(3)19-12-8-11(18-4)20-13(21-12)14(15,16)17/h8-10H,5-7H2,1-4H3,(H2,18,19,20,21). The molecule has 1 heterocycles. The molecule has 0 amide bonds. The molecule has 21 heavy (non-hydrogen) atoms. The van der Waals surface area contributed by atoms with Crippen molar-refractivity contribution < 1.29 is 13.2 Å². The molecule has 0 radical (unpaired) electrons. The van der Waals surface area contributed by atoms with Crippen molar-refractivity contribution in [1.29, 1.82) is 0 Å². The number of alkyl halides is 3. The lowest BCUT2D eigenvalue weighted by atomic mass is 10.0. The predicted molar refractivity (Wildman–Crippen MR) is 78.4 cm³/mol. The number of nitrogens with zero attached hydrogens (tertiary/aromatic N) is 2. The zero-order valence-corrected chi connectivity index (χ0v) is 12.9. The number of hydrogen-bond acceptors (Lipinski definition) is 4. The van der Waals surface area contributed by atoms with Crippen LogP contribution < -0.4 is 10.6 Å². The first-order valence-corrected chi connectivity index (χ1v) is 7.13. The molecular weight excluding hydrogens is 281 g/mol. The van der Waals surface area contributed by atoms with Gasteiger partial charge in [0.1, 0.15) is 11.6 Å². The summed E-state index contributed by atoms with van der Waals surface area (Å²) in [6.45, 7) is 6.24. The quantitative estimate of drug-likeness (QED) is 0.794. The van der Waals surface area contributed by atoms with E-state index in [1.807, 2.05) is 6.92 Å². The second kappa shape index (κ2) is 7.47. The Morgan fingerprint density at radius 2 is 1.71 bits per heavy atom. The summed E-state index contributed by atoms with van der Waals surface area (Å²) in [5, 5.41) is 5.63. The summed E-state index contributed by atoms with van der Waals surface area (Å²) in [6, 6.07) is 1.54. The SMILES string of the molecule is CNc1cc(NC(C)CCCC(C)C)nc(C(F)(F)F)n1. The molecule has 1 unspecified atom stereocenters. The Balaban J connectivity index is 2.73. The molecule has 0 spiro atoms. The van der Waals surface area contributed by atoms with Gasteiger partial charge >= 0.3 is 6.18 Å². The van der Waals surface area contributed by atoms with Gasteiger partial charge in [0.05, 0.1) is 0 Å². The van der Waals surface area contributed by atoms with Crippen molar-refractivity contribution in [3.8, 4) is 0 Å². The number of anilines is 2. The molecule has 0 saturated heterocycles. The molecule has 2 N–H and O–H groups in total. The molecule has 1 rings (SSSR count).